The van der Waals surface area contributed by atoms with Crippen LogP contribution in [0, 0.1) is 0 Å². The van der Waals surface area contributed by atoms with Gasteiger partial charge in [-0.1, -0.05) is 19.1 Å². The molecule has 1 aliphatic rings. The van der Waals surface area contributed by atoms with Crippen LogP contribution < -0.4 is 11.1 Å². The predicted molar refractivity (Wildman–Crippen MR) is 68.4 cm³/mol. The Kier molecular flexibility index (Phi) is 3.05. The van der Waals surface area contributed by atoms with Crippen LogP contribution >= 0.6 is 12.2 Å². The number of hydrogen-bond donors (Lipinski definition) is 2. The molecule has 0 aliphatic heterocycles. The molecule has 1 fully saturated rings. The third kappa shape index (κ3) is 2.00. The first-order valence-electron chi connectivity index (χ1n) is 5.56. The number of thiocarbonyl (C=S) groups is 1. The Bertz CT molecular complexity index is 395. The second kappa shape index (κ2) is 4.33. The van der Waals surface area contributed by atoms with E-state index < -0.39 is 0 Å². The summed E-state index contributed by atoms with van der Waals surface area (Å²) in [5.41, 5.74) is 6.62. The van der Waals surface area contributed by atoms with Crippen LogP contribution in [0.5, 0.6) is 0 Å². The summed E-state index contributed by atoms with van der Waals surface area (Å²) in [5.74, 6) is 0.719. The van der Waals surface area contributed by atoms with E-state index in [1.54, 1.807) is 12.3 Å². The molecular formula is C11H16N4S. The second-order valence-corrected chi connectivity index (χ2v) is 4.71. The number of nitrogens with two attached hydrogens (primary N) is 1. The molecule has 0 atom stereocenters. The molecule has 5 heteroatoms. The van der Waals surface area contributed by atoms with Gasteiger partial charge in [-0.15, -0.1) is 5.10 Å². The minimum absolute atomic E-state index is 0.176. The van der Waals surface area contributed by atoms with Gasteiger partial charge in [-0.05, 0) is 31.7 Å². The summed E-state index contributed by atoms with van der Waals surface area (Å²) < 4.78 is 0. The standard InChI is InChI=1S/C11H16N4S/c1-2-11(5-3-6-11)14-10-8(9(12)16)4-7-13-15-10/h4,7H,2-3,5-6H2,1H3,(H2,12,16)(H,14,15). The van der Waals surface area contributed by atoms with E-state index >= 15 is 0 Å². The maximum atomic E-state index is 5.66. The fraction of sp³-hybridized carbons (Fsp3) is 0.545. The molecule has 16 heavy (non-hydrogen) atoms. The highest BCUT2D eigenvalue weighted by molar-refractivity contribution is 7.80. The summed E-state index contributed by atoms with van der Waals surface area (Å²) in [6, 6.07) is 1.81. The van der Waals surface area contributed by atoms with Gasteiger partial charge in [0, 0.05) is 5.54 Å². The first kappa shape index (κ1) is 11.3. The Balaban J connectivity index is 2.23. The maximum absolute atomic E-state index is 5.66. The van der Waals surface area contributed by atoms with Gasteiger partial charge < -0.3 is 11.1 Å². The Morgan fingerprint density at radius 3 is 2.88 bits per heavy atom. The maximum Gasteiger partial charge on any atom is 0.159 e. The molecule has 0 amide bonds. The van der Waals surface area contributed by atoms with Crippen LogP contribution in [-0.2, 0) is 0 Å². The van der Waals surface area contributed by atoms with Crippen molar-refractivity contribution in [3.8, 4) is 0 Å². The molecule has 0 unspecified atom stereocenters. The van der Waals surface area contributed by atoms with Crippen LogP contribution in [0.25, 0.3) is 0 Å². The van der Waals surface area contributed by atoms with Gasteiger partial charge >= 0.3 is 0 Å². The quantitative estimate of drug-likeness (QED) is 0.781. The van der Waals surface area contributed by atoms with E-state index in [4.69, 9.17) is 18.0 Å². The van der Waals surface area contributed by atoms with E-state index in [9.17, 15) is 0 Å². The average Bonchev–Trinajstić information content (AvgIpc) is 2.24. The fourth-order valence-corrected chi connectivity index (χ4v) is 2.21. The normalized spacial score (nSPS) is 17.6. The molecule has 1 aliphatic carbocycles. The highest BCUT2D eigenvalue weighted by Crippen LogP contribution is 2.37. The summed E-state index contributed by atoms with van der Waals surface area (Å²) >= 11 is 5.00. The molecule has 1 saturated carbocycles. The van der Waals surface area contributed by atoms with Crippen LogP contribution in [0.4, 0.5) is 5.82 Å². The van der Waals surface area contributed by atoms with E-state index in [1.165, 1.54) is 19.3 Å². The molecule has 1 heterocycles. The van der Waals surface area contributed by atoms with Crippen molar-refractivity contribution in [1.82, 2.24) is 10.2 Å². The average molecular weight is 236 g/mol. The van der Waals surface area contributed by atoms with Crippen molar-refractivity contribution in [2.24, 2.45) is 5.73 Å². The van der Waals surface area contributed by atoms with Gasteiger partial charge in [-0.25, -0.2) is 0 Å². The summed E-state index contributed by atoms with van der Waals surface area (Å²) in [6.45, 7) is 2.18. The highest BCUT2D eigenvalue weighted by atomic mass is 32.1. The molecule has 0 spiro atoms. The van der Waals surface area contributed by atoms with Crippen molar-refractivity contribution in [3.63, 3.8) is 0 Å². The molecule has 3 N–H and O–H groups in total. The summed E-state index contributed by atoms with van der Waals surface area (Å²) in [6.07, 6.45) is 6.32. The number of nitrogens with zero attached hydrogens (tertiary/aromatic N) is 2. The van der Waals surface area contributed by atoms with Crippen LogP contribution in [0.3, 0.4) is 0 Å². The number of rotatable bonds is 4. The van der Waals surface area contributed by atoms with Crippen molar-refractivity contribution in [3.05, 3.63) is 17.8 Å². The smallest absolute Gasteiger partial charge is 0.159 e. The number of hydrogen-bond acceptors (Lipinski definition) is 4. The van der Waals surface area contributed by atoms with Crippen LogP contribution in [-0.4, -0.2) is 20.7 Å². The Hall–Kier alpha value is -1.23. The molecule has 1 aromatic rings. The molecule has 1 aromatic heterocycles. The van der Waals surface area contributed by atoms with Crippen LogP contribution in [0.15, 0.2) is 12.3 Å². The molecule has 0 radical (unpaired) electrons. The molecule has 0 aromatic carbocycles. The van der Waals surface area contributed by atoms with E-state index in [0.29, 0.717) is 4.99 Å². The first-order valence-corrected chi connectivity index (χ1v) is 5.97. The molecule has 4 nitrogen and oxygen atoms in total. The lowest BCUT2D eigenvalue weighted by Gasteiger charge is -2.42. The van der Waals surface area contributed by atoms with Crippen molar-refractivity contribution >= 4 is 23.0 Å². The van der Waals surface area contributed by atoms with Crippen LogP contribution in [0.1, 0.15) is 38.2 Å². The predicted octanol–water partition coefficient (Wildman–Crippen LogP) is 1.86. The SMILES string of the molecule is CCC1(Nc2nnccc2C(N)=S)CCC1. The van der Waals surface area contributed by atoms with Crippen LogP contribution in [0.2, 0.25) is 0 Å². The molecular weight excluding hydrogens is 220 g/mol. The Morgan fingerprint density at radius 1 is 1.62 bits per heavy atom. The van der Waals surface area contributed by atoms with Gasteiger partial charge in [0.2, 0.25) is 0 Å². The van der Waals surface area contributed by atoms with E-state index in [2.05, 4.69) is 22.4 Å². The zero-order valence-corrected chi connectivity index (χ0v) is 10.2. The van der Waals surface area contributed by atoms with Gasteiger partial charge in [0.05, 0.1) is 11.8 Å². The molecule has 0 saturated heterocycles. The third-order valence-electron chi connectivity index (χ3n) is 3.36. The van der Waals surface area contributed by atoms with Gasteiger partial charge in [0.1, 0.15) is 4.99 Å². The number of aromatic nitrogens is 2. The second-order valence-electron chi connectivity index (χ2n) is 4.27. The first-order chi connectivity index (χ1) is 7.67. The minimum atomic E-state index is 0.176. The third-order valence-corrected chi connectivity index (χ3v) is 3.58. The number of anilines is 1. The van der Waals surface area contributed by atoms with Gasteiger partial charge in [-0.3, -0.25) is 0 Å². The van der Waals surface area contributed by atoms with Gasteiger partial charge in [0.25, 0.3) is 0 Å². The van der Waals surface area contributed by atoms with Gasteiger partial charge in [-0.2, -0.15) is 5.10 Å². The van der Waals surface area contributed by atoms with Crippen molar-refractivity contribution < 1.29 is 0 Å². The van der Waals surface area contributed by atoms with Crippen molar-refractivity contribution in [1.29, 1.82) is 0 Å². The molecule has 0 bridgehead atoms. The molecule has 86 valence electrons. The largest absolute Gasteiger partial charge is 0.389 e. The van der Waals surface area contributed by atoms with E-state index in [-0.39, 0.29) is 5.54 Å². The highest BCUT2D eigenvalue weighted by Gasteiger charge is 2.35. The Morgan fingerprint density at radius 2 is 2.38 bits per heavy atom. The van der Waals surface area contributed by atoms with Crippen molar-refractivity contribution in [2.45, 2.75) is 38.1 Å². The van der Waals surface area contributed by atoms with E-state index in [0.717, 1.165) is 17.8 Å². The summed E-state index contributed by atoms with van der Waals surface area (Å²) in [4.78, 5) is 0.364. The van der Waals surface area contributed by atoms with Crippen molar-refractivity contribution in [2.75, 3.05) is 5.32 Å². The zero-order valence-electron chi connectivity index (χ0n) is 9.36. The lowest BCUT2D eigenvalue weighted by Crippen LogP contribution is -2.45. The topological polar surface area (TPSA) is 63.8 Å². The summed E-state index contributed by atoms with van der Waals surface area (Å²) in [7, 11) is 0. The number of nitrogens with one attached hydrogen (secondary N) is 1. The zero-order chi connectivity index (χ0) is 11.6. The summed E-state index contributed by atoms with van der Waals surface area (Å²) in [5, 5.41) is 11.4. The molecule has 2 rings (SSSR count). The lowest BCUT2D eigenvalue weighted by molar-refractivity contribution is 0.268. The van der Waals surface area contributed by atoms with E-state index in [1.807, 2.05) is 0 Å². The van der Waals surface area contributed by atoms with Gasteiger partial charge in [0.15, 0.2) is 5.82 Å². The Labute approximate surface area is 101 Å². The fourth-order valence-electron chi connectivity index (χ4n) is 2.04. The monoisotopic (exact) mass is 236 g/mol. The lowest BCUT2D eigenvalue weighted by atomic mass is 9.75. The minimum Gasteiger partial charge on any atom is -0.389 e.